The topological polar surface area (TPSA) is 33.1 Å². The highest BCUT2D eigenvalue weighted by Gasteiger charge is 2.53. The molecule has 29 heavy (non-hydrogen) atoms. The number of pyridine rings is 1. The predicted octanol–water partition coefficient (Wildman–Crippen LogP) is 4.88. The van der Waals surface area contributed by atoms with Crippen LogP contribution in [0.1, 0.15) is 30.1 Å². The van der Waals surface area contributed by atoms with Crippen LogP contribution in [0.4, 0.5) is 0 Å². The maximum Gasteiger partial charge on any atom is 0.131 e. The molecule has 6 rings (SSSR count). The van der Waals surface area contributed by atoms with Crippen LogP contribution >= 0.6 is 0 Å². The second kappa shape index (κ2) is 7.40. The van der Waals surface area contributed by atoms with Crippen molar-refractivity contribution in [2.75, 3.05) is 13.1 Å². The van der Waals surface area contributed by atoms with Gasteiger partial charge in [0.25, 0.3) is 0 Å². The smallest absolute Gasteiger partial charge is 0.131 e. The molecule has 2 aromatic carbocycles. The summed E-state index contributed by atoms with van der Waals surface area (Å²) in [5.74, 6) is 1.18. The monoisotopic (exact) mass is 385 g/mol. The van der Waals surface area contributed by atoms with E-state index in [1.54, 1.807) is 0 Å². The Morgan fingerprint density at radius 2 is 1.90 bits per heavy atom. The standard InChI is InChI=1S/C26H29N2O/c1-2-20-18-28(17-19-8-4-3-5-9-19)15-13-21(20)16-25(28)26(29)23-12-14-27-24-11-7-6-10-22(23)24/h2-12,14,20-21,25-26,29H,1,13,15-18H2/q+1/t20?,21-,25?,26?,28?/m0/s1. The van der Waals surface area contributed by atoms with Crippen molar-refractivity contribution >= 4 is 10.9 Å². The van der Waals surface area contributed by atoms with Crippen molar-refractivity contribution in [1.29, 1.82) is 0 Å². The van der Waals surface area contributed by atoms with Crippen LogP contribution in [0.25, 0.3) is 10.9 Å². The lowest BCUT2D eigenvalue weighted by atomic mass is 9.71. The number of piperidine rings is 3. The molecular formula is C26H29N2O+. The van der Waals surface area contributed by atoms with Gasteiger partial charge in [0.1, 0.15) is 18.7 Å². The second-order valence-corrected chi connectivity index (χ2v) is 8.88. The van der Waals surface area contributed by atoms with Gasteiger partial charge in [-0.15, -0.1) is 6.58 Å². The molecule has 0 radical (unpaired) electrons. The lowest BCUT2D eigenvalue weighted by molar-refractivity contribution is -0.984. The maximum atomic E-state index is 11.7. The molecule has 0 saturated carbocycles. The Morgan fingerprint density at radius 3 is 2.72 bits per heavy atom. The summed E-state index contributed by atoms with van der Waals surface area (Å²) in [5, 5.41) is 12.8. The fourth-order valence-electron chi connectivity index (χ4n) is 5.91. The molecule has 3 aromatic rings. The van der Waals surface area contributed by atoms with Gasteiger partial charge in [0.2, 0.25) is 0 Å². The van der Waals surface area contributed by atoms with Crippen molar-refractivity contribution in [1.82, 2.24) is 4.98 Å². The van der Waals surface area contributed by atoms with Crippen LogP contribution in [0, 0.1) is 11.8 Å². The van der Waals surface area contributed by atoms with E-state index in [-0.39, 0.29) is 6.04 Å². The molecule has 3 aliphatic rings. The minimum Gasteiger partial charge on any atom is -0.382 e. The van der Waals surface area contributed by atoms with Gasteiger partial charge < -0.3 is 9.59 Å². The molecule has 1 N–H and O–H groups in total. The van der Waals surface area contributed by atoms with E-state index in [0.717, 1.165) is 47.0 Å². The molecule has 2 bridgehead atoms. The van der Waals surface area contributed by atoms with Crippen LogP contribution in [-0.2, 0) is 6.54 Å². The Bertz CT molecular complexity index is 1010. The fourth-order valence-corrected chi connectivity index (χ4v) is 5.91. The molecule has 5 atom stereocenters. The van der Waals surface area contributed by atoms with E-state index in [1.165, 1.54) is 12.0 Å². The average molecular weight is 386 g/mol. The van der Waals surface area contributed by atoms with E-state index in [1.807, 2.05) is 30.5 Å². The highest BCUT2D eigenvalue weighted by Crippen LogP contribution is 2.47. The number of para-hydroxylation sites is 1. The molecule has 3 fully saturated rings. The molecule has 3 heteroatoms. The number of fused-ring (bicyclic) bond motifs is 4. The number of quaternary nitrogens is 1. The van der Waals surface area contributed by atoms with Crippen LogP contribution in [0.15, 0.2) is 79.5 Å². The van der Waals surface area contributed by atoms with E-state index >= 15 is 0 Å². The van der Waals surface area contributed by atoms with E-state index in [9.17, 15) is 5.11 Å². The number of aromatic nitrogens is 1. The minimum atomic E-state index is -0.486. The second-order valence-electron chi connectivity index (χ2n) is 8.88. The van der Waals surface area contributed by atoms with Crippen molar-refractivity contribution in [3.8, 4) is 0 Å². The largest absolute Gasteiger partial charge is 0.382 e. The van der Waals surface area contributed by atoms with Crippen molar-refractivity contribution in [2.24, 2.45) is 11.8 Å². The predicted molar refractivity (Wildman–Crippen MR) is 117 cm³/mol. The number of benzene rings is 2. The maximum absolute atomic E-state index is 11.7. The Labute approximate surface area is 172 Å². The van der Waals surface area contributed by atoms with Gasteiger partial charge in [0.05, 0.1) is 18.6 Å². The Kier molecular flexibility index (Phi) is 4.73. The minimum absolute atomic E-state index is 0.205. The molecule has 3 saturated heterocycles. The van der Waals surface area contributed by atoms with E-state index in [2.05, 4.69) is 54.0 Å². The first-order valence-electron chi connectivity index (χ1n) is 10.7. The first kappa shape index (κ1) is 18.5. The third kappa shape index (κ3) is 3.19. The van der Waals surface area contributed by atoms with Gasteiger partial charge in [-0.25, -0.2) is 0 Å². The van der Waals surface area contributed by atoms with Crippen molar-refractivity contribution in [2.45, 2.75) is 31.5 Å². The van der Waals surface area contributed by atoms with Crippen LogP contribution in [0.2, 0.25) is 0 Å². The van der Waals surface area contributed by atoms with E-state index in [0.29, 0.717) is 11.8 Å². The summed E-state index contributed by atoms with van der Waals surface area (Å²) in [4.78, 5) is 4.50. The third-order valence-corrected chi connectivity index (χ3v) is 7.38. The molecular weight excluding hydrogens is 356 g/mol. The van der Waals surface area contributed by atoms with Crippen LogP contribution < -0.4 is 0 Å². The lowest BCUT2D eigenvalue weighted by Gasteiger charge is -2.58. The first-order chi connectivity index (χ1) is 14.2. The Morgan fingerprint density at radius 1 is 1.10 bits per heavy atom. The average Bonchev–Trinajstić information content (AvgIpc) is 2.78. The molecule has 1 aromatic heterocycles. The molecule has 4 unspecified atom stereocenters. The van der Waals surface area contributed by atoms with E-state index < -0.39 is 6.10 Å². The highest BCUT2D eigenvalue weighted by molar-refractivity contribution is 5.82. The summed E-state index contributed by atoms with van der Waals surface area (Å²) >= 11 is 0. The normalized spacial score (nSPS) is 29.6. The zero-order valence-corrected chi connectivity index (χ0v) is 16.8. The van der Waals surface area contributed by atoms with Crippen LogP contribution in [-0.4, -0.2) is 33.7 Å². The molecule has 3 aliphatic heterocycles. The van der Waals surface area contributed by atoms with Gasteiger partial charge in [-0.3, -0.25) is 4.98 Å². The summed E-state index contributed by atoms with van der Waals surface area (Å²) in [6.07, 6.45) is 5.79. The van der Waals surface area contributed by atoms with Crippen LogP contribution in [0.3, 0.4) is 0 Å². The van der Waals surface area contributed by atoms with Gasteiger partial charge in [-0.1, -0.05) is 54.6 Å². The lowest BCUT2D eigenvalue weighted by Crippen LogP contribution is -2.67. The molecule has 148 valence electrons. The molecule has 0 amide bonds. The number of aliphatic hydroxyl groups excluding tert-OH is 1. The number of aliphatic hydroxyl groups is 1. The Balaban J connectivity index is 1.56. The van der Waals surface area contributed by atoms with Gasteiger partial charge >= 0.3 is 0 Å². The first-order valence-corrected chi connectivity index (χ1v) is 10.7. The van der Waals surface area contributed by atoms with Gasteiger partial charge in [0.15, 0.2) is 0 Å². The van der Waals surface area contributed by atoms with Gasteiger partial charge in [-0.05, 0) is 23.6 Å². The van der Waals surface area contributed by atoms with Gasteiger partial charge in [0, 0.05) is 35.9 Å². The SMILES string of the molecule is C=CC1C[N+]2(Cc3ccccc3)CC[C@H]1CC2C(O)c1ccnc2ccccc12. The summed E-state index contributed by atoms with van der Waals surface area (Å²) in [6.45, 7) is 7.32. The molecule has 0 spiro atoms. The molecule has 0 aliphatic carbocycles. The summed E-state index contributed by atoms with van der Waals surface area (Å²) in [5.41, 5.74) is 3.33. The number of hydrogen-bond donors (Lipinski definition) is 1. The number of hydrogen-bond acceptors (Lipinski definition) is 2. The highest BCUT2D eigenvalue weighted by atomic mass is 16.3. The summed E-state index contributed by atoms with van der Waals surface area (Å²) in [6, 6.07) is 21.2. The quantitative estimate of drug-likeness (QED) is 0.502. The van der Waals surface area contributed by atoms with E-state index in [4.69, 9.17) is 0 Å². The van der Waals surface area contributed by atoms with Crippen molar-refractivity contribution < 1.29 is 9.59 Å². The molecule has 3 nitrogen and oxygen atoms in total. The van der Waals surface area contributed by atoms with Gasteiger partial charge in [-0.2, -0.15) is 0 Å². The van der Waals surface area contributed by atoms with Crippen molar-refractivity contribution in [3.05, 3.63) is 90.6 Å². The fraction of sp³-hybridized carbons (Fsp3) is 0.346. The number of nitrogens with zero attached hydrogens (tertiary/aromatic N) is 2. The zero-order chi connectivity index (χ0) is 19.8. The summed E-state index contributed by atoms with van der Waals surface area (Å²) in [7, 11) is 0. The Hall–Kier alpha value is -2.49. The zero-order valence-electron chi connectivity index (χ0n) is 16.8. The summed E-state index contributed by atoms with van der Waals surface area (Å²) < 4.78 is 0.953. The van der Waals surface area contributed by atoms with Crippen LogP contribution in [0.5, 0.6) is 0 Å². The van der Waals surface area contributed by atoms with Crippen molar-refractivity contribution in [3.63, 3.8) is 0 Å². The molecule has 4 heterocycles. The number of rotatable bonds is 5. The third-order valence-electron chi connectivity index (χ3n) is 7.38.